The molecule has 0 heterocycles. The van der Waals surface area contributed by atoms with Crippen LogP contribution in [0.3, 0.4) is 0 Å². The zero-order chi connectivity index (χ0) is 10.7. The molecule has 0 saturated heterocycles. The second-order valence-electron chi connectivity index (χ2n) is 5.80. The van der Waals surface area contributed by atoms with Crippen LogP contribution in [-0.2, 0) is 0 Å². The van der Waals surface area contributed by atoms with Crippen molar-refractivity contribution in [3.63, 3.8) is 0 Å². The second-order valence-corrected chi connectivity index (χ2v) is 5.80. The van der Waals surface area contributed by atoms with E-state index in [1.807, 2.05) is 0 Å². The summed E-state index contributed by atoms with van der Waals surface area (Å²) in [6.45, 7) is 5.65. The highest BCUT2D eigenvalue weighted by atomic mass is 14.9. The predicted octanol–water partition coefficient (Wildman–Crippen LogP) is 2.14. The van der Waals surface area contributed by atoms with Gasteiger partial charge in [-0.15, -0.1) is 0 Å². The maximum absolute atomic E-state index is 5.51. The molecule has 0 radical (unpaired) electrons. The Balaban J connectivity index is 1.54. The normalized spacial score (nSPS) is 25.2. The van der Waals surface area contributed by atoms with Gasteiger partial charge in [0.15, 0.2) is 0 Å². The third-order valence-corrected chi connectivity index (χ3v) is 4.21. The lowest BCUT2D eigenvalue weighted by Gasteiger charge is -2.17. The molecule has 88 valence electrons. The number of rotatable bonds is 8. The highest BCUT2D eigenvalue weighted by Gasteiger charge is 2.53. The minimum Gasteiger partial charge on any atom is -0.330 e. The number of nitrogens with one attached hydrogen (secondary N) is 1. The quantitative estimate of drug-likeness (QED) is 0.644. The Morgan fingerprint density at radius 3 is 2.67 bits per heavy atom. The van der Waals surface area contributed by atoms with E-state index in [0.717, 1.165) is 23.8 Å². The van der Waals surface area contributed by atoms with Crippen molar-refractivity contribution in [3.8, 4) is 0 Å². The van der Waals surface area contributed by atoms with E-state index in [0.29, 0.717) is 0 Å². The van der Waals surface area contributed by atoms with Gasteiger partial charge in [-0.2, -0.15) is 0 Å². The van der Waals surface area contributed by atoms with Gasteiger partial charge in [0.05, 0.1) is 0 Å². The maximum Gasteiger partial charge on any atom is 0.00106 e. The molecule has 1 atom stereocenters. The third kappa shape index (κ3) is 3.18. The first-order valence-corrected chi connectivity index (χ1v) is 6.68. The highest BCUT2D eigenvalue weighted by molar-refractivity contribution is 5.04. The summed E-state index contributed by atoms with van der Waals surface area (Å²) in [7, 11) is 0. The van der Waals surface area contributed by atoms with Crippen molar-refractivity contribution in [1.29, 1.82) is 0 Å². The molecule has 2 nitrogen and oxygen atoms in total. The van der Waals surface area contributed by atoms with Crippen LogP contribution in [0.5, 0.6) is 0 Å². The standard InChI is InChI=1S/C13H26N2/c1-11(3-2-8-14)9-15-10-13(6-7-13)12-4-5-12/h11-12,15H,2-10,14H2,1H3. The van der Waals surface area contributed by atoms with Gasteiger partial charge in [-0.25, -0.2) is 0 Å². The highest BCUT2D eigenvalue weighted by Crippen LogP contribution is 2.60. The first kappa shape index (κ1) is 11.4. The fraction of sp³-hybridized carbons (Fsp3) is 1.00. The fourth-order valence-electron chi connectivity index (χ4n) is 2.72. The molecule has 0 aromatic heterocycles. The van der Waals surface area contributed by atoms with Gasteiger partial charge in [0.2, 0.25) is 0 Å². The van der Waals surface area contributed by atoms with Crippen LogP contribution in [0.25, 0.3) is 0 Å². The van der Waals surface area contributed by atoms with E-state index in [9.17, 15) is 0 Å². The number of hydrogen-bond donors (Lipinski definition) is 2. The predicted molar refractivity (Wildman–Crippen MR) is 64.7 cm³/mol. The molecule has 2 fully saturated rings. The zero-order valence-corrected chi connectivity index (χ0v) is 10.1. The van der Waals surface area contributed by atoms with Crippen LogP contribution in [0, 0.1) is 17.3 Å². The smallest absolute Gasteiger partial charge is 0.00106 e. The fourth-order valence-corrected chi connectivity index (χ4v) is 2.72. The summed E-state index contributed by atoms with van der Waals surface area (Å²) in [4.78, 5) is 0. The molecule has 15 heavy (non-hydrogen) atoms. The average Bonchev–Trinajstić information content (AvgIpc) is 3.04. The molecule has 2 rings (SSSR count). The lowest BCUT2D eigenvalue weighted by molar-refractivity contribution is 0.376. The summed E-state index contributed by atoms with van der Waals surface area (Å²) >= 11 is 0. The SMILES string of the molecule is CC(CCCN)CNCC1(C2CC2)CC1. The first-order chi connectivity index (χ1) is 7.27. The van der Waals surface area contributed by atoms with Gasteiger partial charge in [0.25, 0.3) is 0 Å². The Morgan fingerprint density at radius 2 is 2.13 bits per heavy atom. The van der Waals surface area contributed by atoms with Crippen LogP contribution in [-0.4, -0.2) is 19.6 Å². The van der Waals surface area contributed by atoms with Gasteiger partial charge in [-0.05, 0) is 68.9 Å². The number of hydrogen-bond acceptors (Lipinski definition) is 2. The summed E-state index contributed by atoms with van der Waals surface area (Å²) in [6, 6.07) is 0. The average molecular weight is 210 g/mol. The van der Waals surface area contributed by atoms with E-state index >= 15 is 0 Å². The summed E-state index contributed by atoms with van der Waals surface area (Å²) < 4.78 is 0. The minimum absolute atomic E-state index is 0.758. The van der Waals surface area contributed by atoms with Crippen molar-refractivity contribution >= 4 is 0 Å². The lowest BCUT2D eigenvalue weighted by Crippen LogP contribution is -2.29. The monoisotopic (exact) mass is 210 g/mol. The van der Waals surface area contributed by atoms with Crippen LogP contribution >= 0.6 is 0 Å². The molecule has 2 heteroatoms. The minimum atomic E-state index is 0.758. The van der Waals surface area contributed by atoms with E-state index in [-0.39, 0.29) is 0 Å². The number of nitrogens with two attached hydrogens (primary N) is 1. The van der Waals surface area contributed by atoms with E-state index in [1.54, 1.807) is 0 Å². The van der Waals surface area contributed by atoms with Crippen LogP contribution in [0.15, 0.2) is 0 Å². The van der Waals surface area contributed by atoms with E-state index in [1.165, 1.54) is 51.6 Å². The molecule has 3 N–H and O–H groups in total. The van der Waals surface area contributed by atoms with Gasteiger partial charge >= 0.3 is 0 Å². The molecule has 1 unspecified atom stereocenters. The first-order valence-electron chi connectivity index (χ1n) is 6.68. The molecule has 0 spiro atoms. The zero-order valence-electron chi connectivity index (χ0n) is 10.1. The van der Waals surface area contributed by atoms with Gasteiger partial charge in [0, 0.05) is 6.54 Å². The van der Waals surface area contributed by atoms with E-state index in [4.69, 9.17) is 5.73 Å². The van der Waals surface area contributed by atoms with Crippen molar-refractivity contribution in [2.24, 2.45) is 23.0 Å². The Labute approximate surface area is 94.0 Å². The largest absolute Gasteiger partial charge is 0.330 e. The molecule has 2 aliphatic carbocycles. The Bertz CT molecular complexity index is 195. The summed E-state index contributed by atoms with van der Waals surface area (Å²) in [5.74, 6) is 1.88. The van der Waals surface area contributed by atoms with Crippen molar-refractivity contribution in [2.45, 2.75) is 45.4 Å². The topological polar surface area (TPSA) is 38.0 Å². The molecule has 2 saturated carbocycles. The van der Waals surface area contributed by atoms with Crippen molar-refractivity contribution in [3.05, 3.63) is 0 Å². The second kappa shape index (κ2) is 4.84. The molecular formula is C13H26N2. The summed E-state index contributed by atoms with van der Waals surface area (Å²) in [6.07, 6.45) is 8.44. The van der Waals surface area contributed by atoms with Crippen molar-refractivity contribution in [1.82, 2.24) is 5.32 Å². The Hall–Kier alpha value is -0.0800. The van der Waals surface area contributed by atoms with Crippen molar-refractivity contribution < 1.29 is 0 Å². The lowest BCUT2D eigenvalue weighted by atomic mass is 10.00. The molecule has 0 bridgehead atoms. The molecule has 2 aliphatic rings. The van der Waals surface area contributed by atoms with E-state index in [2.05, 4.69) is 12.2 Å². The molecule has 0 aliphatic heterocycles. The van der Waals surface area contributed by atoms with Gasteiger partial charge < -0.3 is 11.1 Å². The Morgan fingerprint density at radius 1 is 1.40 bits per heavy atom. The third-order valence-electron chi connectivity index (χ3n) is 4.21. The van der Waals surface area contributed by atoms with E-state index < -0.39 is 0 Å². The van der Waals surface area contributed by atoms with Crippen LogP contribution in [0.2, 0.25) is 0 Å². The molecule has 0 aromatic carbocycles. The molecular weight excluding hydrogens is 184 g/mol. The van der Waals surface area contributed by atoms with Gasteiger partial charge in [-0.1, -0.05) is 6.92 Å². The van der Waals surface area contributed by atoms with Gasteiger partial charge in [0.1, 0.15) is 0 Å². The van der Waals surface area contributed by atoms with Gasteiger partial charge in [-0.3, -0.25) is 0 Å². The molecule has 0 amide bonds. The van der Waals surface area contributed by atoms with Crippen LogP contribution in [0.1, 0.15) is 45.4 Å². The summed E-state index contributed by atoms with van der Waals surface area (Å²) in [5, 5.41) is 3.68. The van der Waals surface area contributed by atoms with Crippen LogP contribution < -0.4 is 11.1 Å². The Kier molecular flexibility index (Phi) is 3.68. The molecule has 0 aromatic rings. The van der Waals surface area contributed by atoms with Crippen LogP contribution in [0.4, 0.5) is 0 Å². The summed E-state index contributed by atoms with van der Waals surface area (Å²) in [5.41, 5.74) is 6.27. The maximum atomic E-state index is 5.51. The van der Waals surface area contributed by atoms with Crippen molar-refractivity contribution in [2.75, 3.05) is 19.6 Å².